The van der Waals surface area contributed by atoms with Crippen LogP contribution in [0.4, 0.5) is 0 Å². The lowest BCUT2D eigenvalue weighted by molar-refractivity contribution is 0.0619. The number of hydrogen-bond acceptors (Lipinski definition) is 2. The molecule has 1 aliphatic rings. The zero-order chi connectivity index (χ0) is 12.1. The van der Waals surface area contributed by atoms with Crippen LogP contribution in [0, 0.1) is 5.41 Å². The van der Waals surface area contributed by atoms with Crippen molar-refractivity contribution in [1.29, 1.82) is 0 Å². The van der Waals surface area contributed by atoms with Crippen LogP contribution in [0.3, 0.4) is 0 Å². The first-order chi connectivity index (χ1) is 7.41. The second kappa shape index (κ2) is 6.02. The molecule has 2 N–H and O–H groups in total. The molecule has 1 aliphatic carbocycles. The number of nitrogens with two attached hydrogens (primary N) is 1. The Morgan fingerprint density at radius 2 is 1.62 bits per heavy atom. The highest BCUT2D eigenvalue weighted by atomic mass is 16.5. The van der Waals surface area contributed by atoms with Gasteiger partial charge in [-0.25, -0.2) is 0 Å². The molecular formula is C14H29NO. The predicted octanol–water partition coefficient (Wildman–Crippen LogP) is 3.49. The third-order valence-electron chi connectivity index (χ3n) is 3.49. The van der Waals surface area contributed by atoms with Gasteiger partial charge in [0.25, 0.3) is 0 Å². The van der Waals surface area contributed by atoms with Gasteiger partial charge in [0.1, 0.15) is 0 Å². The summed E-state index contributed by atoms with van der Waals surface area (Å²) in [6, 6.07) is 0. The summed E-state index contributed by atoms with van der Waals surface area (Å²) < 4.78 is 5.78. The highest BCUT2D eigenvalue weighted by Gasteiger charge is 2.26. The Balaban J connectivity index is 2.19. The first-order valence-corrected chi connectivity index (χ1v) is 6.78. The van der Waals surface area contributed by atoms with Crippen molar-refractivity contribution in [2.24, 2.45) is 11.1 Å². The van der Waals surface area contributed by atoms with E-state index in [1.807, 2.05) is 0 Å². The maximum Gasteiger partial charge on any atom is 0.0646 e. The lowest BCUT2D eigenvalue weighted by Gasteiger charge is -2.28. The smallest absolute Gasteiger partial charge is 0.0646 e. The van der Waals surface area contributed by atoms with Gasteiger partial charge in [-0.15, -0.1) is 0 Å². The van der Waals surface area contributed by atoms with Gasteiger partial charge in [0, 0.05) is 12.1 Å². The first-order valence-electron chi connectivity index (χ1n) is 6.78. The molecule has 0 atom stereocenters. The maximum atomic E-state index is 6.38. The van der Waals surface area contributed by atoms with Gasteiger partial charge in [-0.2, -0.15) is 0 Å². The molecule has 0 amide bonds. The second-order valence-electron chi connectivity index (χ2n) is 6.64. The summed E-state index contributed by atoms with van der Waals surface area (Å²) in [5, 5.41) is 0. The first kappa shape index (κ1) is 14.0. The largest absolute Gasteiger partial charge is 0.380 e. The Morgan fingerprint density at radius 3 is 2.12 bits per heavy atom. The molecule has 1 fully saturated rings. The molecular weight excluding hydrogens is 198 g/mol. The van der Waals surface area contributed by atoms with Gasteiger partial charge in [-0.05, 0) is 24.7 Å². The molecule has 0 bridgehead atoms. The molecule has 0 heterocycles. The number of hydrogen-bond donors (Lipinski definition) is 1. The average molecular weight is 227 g/mol. The summed E-state index contributed by atoms with van der Waals surface area (Å²) in [6.07, 6.45) is 8.65. The zero-order valence-electron chi connectivity index (χ0n) is 11.3. The van der Waals surface area contributed by atoms with Crippen LogP contribution >= 0.6 is 0 Å². The third-order valence-corrected chi connectivity index (χ3v) is 3.49. The van der Waals surface area contributed by atoms with Crippen LogP contribution in [-0.4, -0.2) is 18.8 Å². The van der Waals surface area contributed by atoms with E-state index in [2.05, 4.69) is 20.8 Å². The molecule has 16 heavy (non-hydrogen) atoms. The predicted molar refractivity (Wildman–Crippen MR) is 69.5 cm³/mol. The third kappa shape index (κ3) is 5.86. The average Bonchev–Trinajstić information content (AvgIpc) is 2.37. The van der Waals surface area contributed by atoms with E-state index in [-0.39, 0.29) is 5.54 Å². The Morgan fingerprint density at radius 1 is 1.06 bits per heavy atom. The molecule has 0 aromatic carbocycles. The molecule has 0 unspecified atom stereocenters. The molecule has 0 aliphatic heterocycles. The molecule has 96 valence electrons. The summed E-state index contributed by atoms with van der Waals surface area (Å²) in [6.45, 7) is 8.35. The Kier molecular flexibility index (Phi) is 5.26. The normalized spacial score (nSPS) is 21.8. The summed E-state index contributed by atoms with van der Waals surface area (Å²) in [5.41, 5.74) is 6.72. The van der Waals surface area contributed by atoms with Crippen LogP contribution in [0.1, 0.15) is 65.7 Å². The standard InChI is InChI=1S/C14H29NO/c1-13(2,3)10-11-16-12-14(15)8-6-4-5-7-9-14/h4-12,15H2,1-3H3. The van der Waals surface area contributed by atoms with Gasteiger partial charge in [0.05, 0.1) is 6.61 Å². The summed E-state index contributed by atoms with van der Waals surface area (Å²) >= 11 is 0. The summed E-state index contributed by atoms with van der Waals surface area (Å²) in [4.78, 5) is 0. The van der Waals surface area contributed by atoms with Gasteiger partial charge in [-0.3, -0.25) is 0 Å². The topological polar surface area (TPSA) is 35.2 Å². The molecule has 1 saturated carbocycles. The molecule has 0 spiro atoms. The van der Waals surface area contributed by atoms with Crippen LogP contribution in [0.5, 0.6) is 0 Å². The fraction of sp³-hybridized carbons (Fsp3) is 1.00. The van der Waals surface area contributed by atoms with Crippen molar-refractivity contribution < 1.29 is 4.74 Å². The monoisotopic (exact) mass is 227 g/mol. The molecule has 0 aromatic heterocycles. The Bertz CT molecular complexity index is 187. The minimum Gasteiger partial charge on any atom is -0.380 e. The van der Waals surface area contributed by atoms with Crippen molar-refractivity contribution in [2.75, 3.05) is 13.2 Å². The minimum absolute atomic E-state index is 0.0333. The van der Waals surface area contributed by atoms with Gasteiger partial charge in [0.2, 0.25) is 0 Å². The SMILES string of the molecule is CC(C)(C)CCOCC1(N)CCCCCC1. The Labute approximate surface area is 101 Å². The fourth-order valence-corrected chi connectivity index (χ4v) is 2.23. The van der Waals surface area contributed by atoms with E-state index >= 15 is 0 Å². The highest BCUT2D eigenvalue weighted by molar-refractivity contribution is 4.85. The van der Waals surface area contributed by atoms with E-state index in [0.29, 0.717) is 5.41 Å². The summed E-state index contributed by atoms with van der Waals surface area (Å²) in [7, 11) is 0. The van der Waals surface area contributed by atoms with Crippen LogP contribution < -0.4 is 5.73 Å². The Hall–Kier alpha value is -0.0800. The molecule has 2 nitrogen and oxygen atoms in total. The van der Waals surface area contributed by atoms with Crippen molar-refractivity contribution in [3.05, 3.63) is 0 Å². The van der Waals surface area contributed by atoms with E-state index in [1.165, 1.54) is 25.7 Å². The van der Waals surface area contributed by atoms with E-state index in [9.17, 15) is 0 Å². The fourth-order valence-electron chi connectivity index (χ4n) is 2.23. The van der Waals surface area contributed by atoms with Gasteiger partial charge in [-0.1, -0.05) is 46.5 Å². The molecule has 0 radical (unpaired) electrons. The van der Waals surface area contributed by atoms with Crippen LogP contribution in [0.15, 0.2) is 0 Å². The van der Waals surface area contributed by atoms with Gasteiger partial charge < -0.3 is 10.5 Å². The van der Waals surface area contributed by atoms with Crippen molar-refractivity contribution in [1.82, 2.24) is 0 Å². The van der Waals surface area contributed by atoms with E-state index < -0.39 is 0 Å². The van der Waals surface area contributed by atoms with Crippen molar-refractivity contribution in [2.45, 2.75) is 71.3 Å². The van der Waals surface area contributed by atoms with E-state index in [0.717, 1.165) is 32.5 Å². The lowest BCUT2D eigenvalue weighted by Crippen LogP contribution is -2.44. The molecule has 0 aromatic rings. The molecule has 0 saturated heterocycles. The van der Waals surface area contributed by atoms with Crippen molar-refractivity contribution >= 4 is 0 Å². The van der Waals surface area contributed by atoms with Crippen LogP contribution in [0.2, 0.25) is 0 Å². The highest BCUT2D eigenvalue weighted by Crippen LogP contribution is 2.25. The zero-order valence-corrected chi connectivity index (χ0v) is 11.3. The van der Waals surface area contributed by atoms with Gasteiger partial charge in [0.15, 0.2) is 0 Å². The second-order valence-corrected chi connectivity index (χ2v) is 6.64. The van der Waals surface area contributed by atoms with Gasteiger partial charge >= 0.3 is 0 Å². The number of rotatable bonds is 4. The van der Waals surface area contributed by atoms with Crippen LogP contribution in [-0.2, 0) is 4.74 Å². The molecule has 1 rings (SSSR count). The quantitative estimate of drug-likeness (QED) is 0.589. The molecule has 2 heteroatoms. The lowest BCUT2D eigenvalue weighted by atomic mass is 9.92. The number of ether oxygens (including phenoxy) is 1. The minimum atomic E-state index is -0.0333. The maximum absolute atomic E-state index is 6.38. The van der Waals surface area contributed by atoms with Crippen LogP contribution in [0.25, 0.3) is 0 Å². The van der Waals surface area contributed by atoms with Crippen molar-refractivity contribution in [3.63, 3.8) is 0 Å². The summed E-state index contributed by atoms with van der Waals surface area (Å²) in [5.74, 6) is 0. The van der Waals surface area contributed by atoms with E-state index in [4.69, 9.17) is 10.5 Å². The van der Waals surface area contributed by atoms with E-state index in [1.54, 1.807) is 0 Å². The van der Waals surface area contributed by atoms with Crippen molar-refractivity contribution in [3.8, 4) is 0 Å².